The van der Waals surface area contributed by atoms with Crippen molar-refractivity contribution in [3.05, 3.63) is 41.7 Å². The average Bonchev–Trinajstić information content (AvgIpc) is 2.74. The van der Waals surface area contributed by atoms with Crippen molar-refractivity contribution in [2.75, 3.05) is 10.6 Å². The van der Waals surface area contributed by atoms with Crippen LogP contribution in [0, 0.1) is 6.92 Å². The van der Waals surface area contributed by atoms with Crippen molar-refractivity contribution >= 4 is 23.4 Å². The molecule has 0 radical (unpaired) electrons. The summed E-state index contributed by atoms with van der Waals surface area (Å²) < 4.78 is 1.57. The maximum atomic E-state index is 11.7. The molecule has 0 saturated heterocycles. The highest BCUT2D eigenvalue weighted by atomic mass is 16.4. The van der Waals surface area contributed by atoms with Gasteiger partial charge in [-0.2, -0.15) is 5.10 Å². The van der Waals surface area contributed by atoms with E-state index in [2.05, 4.69) is 15.7 Å². The number of aromatic carboxylic acids is 1. The van der Waals surface area contributed by atoms with E-state index >= 15 is 0 Å². The van der Waals surface area contributed by atoms with E-state index in [0.717, 1.165) is 0 Å². The number of carbonyl (C=O) groups excluding carboxylic acids is 1. The molecule has 0 bridgehead atoms. The third-order valence-electron chi connectivity index (χ3n) is 2.68. The molecule has 1 aromatic carbocycles. The molecule has 3 N–H and O–H groups in total. The van der Waals surface area contributed by atoms with Gasteiger partial charge in [0.15, 0.2) is 0 Å². The summed E-state index contributed by atoms with van der Waals surface area (Å²) in [6.07, 6.45) is 3.19. The van der Waals surface area contributed by atoms with E-state index in [1.165, 1.54) is 12.3 Å². The molecule has 2 aromatic rings. The molecule has 0 aliphatic carbocycles. The molecule has 0 aliphatic heterocycles. The van der Waals surface area contributed by atoms with E-state index in [0.29, 0.717) is 16.9 Å². The number of amides is 2. The van der Waals surface area contributed by atoms with Crippen LogP contribution < -0.4 is 10.6 Å². The van der Waals surface area contributed by atoms with Gasteiger partial charge in [0.2, 0.25) is 0 Å². The van der Waals surface area contributed by atoms with Gasteiger partial charge in [-0.3, -0.25) is 4.68 Å². The highest BCUT2D eigenvalue weighted by Crippen LogP contribution is 2.15. The van der Waals surface area contributed by atoms with Crippen LogP contribution in [-0.2, 0) is 7.05 Å². The molecular weight excluding hydrogens is 260 g/mol. The van der Waals surface area contributed by atoms with Gasteiger partial charge in [-0.15, -0.1) is 0 Å². The summed E-state index contributed by atoms with van der Waals surface area (Å²) in [5.41, 5.74) is 1.89. The van der Waals surface area contributed by atoms with Crippen LogP contribution in [-0.4, -0.2) is 26.9 Å². The van der Waals surface area contributed by atoms with Gasteiger partial charge >= 0.3 is 12.0 Å². The topological polar surface area (TPSA) is 96.3 Å². The zero-order valence-electron chi connectivity index (χ0n) is 11.0. The fourth-order valence-electron chi connectivity index (χ4n) is 1.76. The second kappa shape index (κ2) is 5.43. The summed E-state index contributed by atoms with van der Waals surface area (Å²) in [4.78, 5) is 22.6. The Balaban J connectivity index is 2.04. The normalized spacial score (nSPS) is 10.1. The first-order chi connectivity index (χ1) is 9.45. The number of rotatable bonds is 3. The number of aryl methyl sites for hydroxylation is 2. The molecule has 1 heterocycles. The Morgan fingerprint density at radius 2 is 1.95 bits per heavy atom. The lowest BCUT2D eigenvalue weighted by Crippen LogP contribution is -2.19. The summed E-state index contributed by atoms with van der Waals surface area (Å²) in [6, 6.07) is 4.18. The number of nitrogens with zero attached hydrogens (tertiary/aromatic N) is 2. The predicted octanol–water partition coefficient (Wildman–Crippen LogP) is 2.07. The molecule has 20 heavy (non-hydrogen) atoms. The van der Waals surface area contributed by atoms with E-state index in [1.54, 1.807) is 37.0 Å². The van der Waals surface area contributed by atoms with Crippen molar-refractivity contribution in [3.63, 3.8) is 0 Å². The number of carboxylic acid groups (broad SMARTS) is 1. The monoisotopic (exact) mass is 274 g/mol. The largest absolute Gasteiger partial charge is 0.478 e. The number of hydrogen-bond acceptors (Lipinski definition) is 3. The number of carbonyl (C=O) groups is 2. The van der Waals surface area contributed by atoms with Crippen molar-refractivity contribution in [2.24, 2.45) is 7.05 Å². The lowest BCUT2D eigenvalue weighted by molar-refractivity contribution is 0.0696. The van der Waals surface area contributed by atoms with Crippen molar-refractivity contribution in [1.29, 1.82) is 0 Å². The van der Waals surface area contributed by atoms with E-state index in [-0.39, 0.29) is 5.56 Å². The minimum absolute atomic E-state index is 0.211. The van der Waals surface area contributed by atoms with Crippen LogP contribution in [0.25, 0.3) is 0 Å². The average molecular weight is 274 g/mol. The first-order valence-electron chi connectivity index (χ1n) is 5.86. The first kappa shape index (κ1) is 13.6. The smallest absolute Gasteiger partial charge is 0.335 e. The molecule has 0 atom stereocenters. The first-order valence-corrected chi connectivity index (χ1v) is 5.86. The third kappa shape index (κ3) is 3.14. The van der Waals surface area contributed by atoms with E-state index in [9.17, 15) is 9.59 Å². The minimum Gasteiger partial charge on any atom is -0.478 e. The Bertz CT molecular complexity index is 663. The van der Waals surface area contributed by atoms with Gasteiger partial charge in [-0.05, 0) is 30.7 Å². The zero-order valence-corrected chi connectivity index (χ0v) is 11.0. The maximum Gasteiger partial charge on any atom is 0.335 e. The van der Waals surface area contributed by atoms with Crippen LogP contribution in [0.3, 0.4) is 0 Å². The molecular formula is C13H14N4O3. The Labute approximate surface area is 115 Å². The van der Waals surface area contributed by atoms with Crippen molar-refractivity contribution in [1.82, 2.24) is 9.78 Å². The molecule has 7 heteroatoms. The molecule has 0 unspecified atom stereocenters. The van der Waals surface area contributed by atoms with Gasteiger partial charge < -0.3 is 15.7 Å². The number of anilines is 2. The highest BCUT2D eigenvalue weighted by Gasteiger charge is 2.09. The molecule has 0 spiro atoms. The van der Waals surface area contributed by atoms with Crippen molar-refractivity contribution in [2.45, 2.75) is 6.92 Å². The fraction of sp³-hybridized carbons (Fsp3) is 0.154. The highest BCUT2D eigenvalue weighted by molar-refractivity contribution is 6.00. The second-order valence-corrected chi connectivity index (χ2v) is 4.32. The maximum absolute atomic E-state index is 11.7. The van der Waals surface area contributed by atoms with Gasteiger partial charge in [-0.1, -0.05) is 0 Å². The Kier molecular flexibility index (Phi) is 3.69. The number of hydrogen-bond donors (Lipinski definition) is 3. The molecule has 2 amide bonds. The van der Waals surface area contributed by atoms with Crippen molar-refractivity contribution < 1.29 is 14.7 Å². The Morgan fingerprint density at radius 3 is 2.50 bits per heavy atom. The van der Waals surface area contributed by atoms with E-state index in [4.69, 9.17) is 5.11 Å². The standard InChI is InChI=1S/C13H14N4O3/c1-8-5-9(3-4-11(8)12(18)19)15-13(20)16-10-6-14-17(2)7-10/h3-7H,1-2H3,(H,18,19)(H2,15,16,20). The SMILES string of the molecule is Cc1cc(NC(=O)Nc2cnn(C)c2)ccc1C(=O)O. The lowest BCUT2D eigenvalue weighted by atomic mass is 10.1. The van der Waals surface area contributed by atoms with Gasteiger partial charge in [-0.25, -0.2) is 9.59 Å². The molecule has 104 valence electrons. The van der Waals surface area contributed by atoms with Crippen molar-refractivity contribution in [3.8, 4) is 0 Å². The van der Waals surface area contributed by atoms with Crippen LogP contribution in [0.15, 0.2) is 30.6 Å². The minimum atomic E-state index is -0.992. The van der Waals surface area contributed by atoms with Gasteiger partial charge in [0.1, 0.15) is 0 Å². The van der Waals surface area contributed by atoms with Crippen LogP contribution in [0.2, 0.25) is 0 Å². The zero-order chi connectivity index (χ0) is 14.7. The van der Waals surface area contributed by atoms with E-state index < -0.39 is 12.0 Å². The molecule has 1 aromatic heterocycles. The summed E-state index contributed by atoms with van der Waals surface area (Å²) >= 11 is 0. The van der Waals surface area contributed by atoms with Gasteiger partial charge in [0, 0.05) is 18.9 Å². The predicted molar refractivity (Wildman–Crippen MR) is 74.0 cm³/mol. The third-order valence-corrected chi connectivity index (χ3v) is 2.68. The summed E-state index contributed by atoms with van der Waals surface area (Å²) in [5.74, 6) is -0.992. The second-order valence-electron chi connectivity index (χ2n) is 4.32. The summed E-state index contributed by atoms with van der Waals surface area (Å²) in [7, 11) is 1.75. The van der Waals surface area contributed by atoms with Gasteiger partial charge in [0.05, 0.1) is 17.4 Å². The molecule has 7 nitrogen and oxygen atoms in total. The quantitative estimate of drug-likeness (QED) is 0.798. The Morgan fingerprint density at radius 1 is 1.25 bits per heavy atom. The van der Waals surface area contributed by atoms with E-state index in [1.807, 2.05) is 0 Å². The van der Waals surface area contributed by atoms with Crippen LogP contribution in [0.5, 0.6) is 0 Å². The Hall–Kier alpha value is -2.83. The molecule has 0 saturated carbocycles. The number of urea groups is 1. The number of nitrogens with one attached hydrogen (secondary N) is 2. The molecule has 0 fully saturated rings. The number of benzene rings is 1. The van der Waals surface area contributed by atoms with Crippen LogP contribution in [0.1, 0.15) is 15.9 Å². The van der Waals surface area contributed by atoms with Crippen LogP contribution >= 0.6 is 0 Å². The summed E-state index contributed by atoms with van der Waals surface area (Å²) in [6.45, 7) is 1.67. The lowest BCUT2D eigenvalue weighted by Gasteiger charge is -2.08. The number of aromatic nitrogens is 2. The number of carboxylic acids is 1. The van der Waals surface area contributed by atoms with Gasteiger partial charge in [0.25, 0.3) is 0 Å². The fourth-order valence-corrected chi connectivity index (χ4v) is 1.76. The molecule has 2 rings (SSSR count). The summed E-state index contributed by atoms with van der Waals surface area (Å²) in [5, 5.41) is 18.1. The molecule has 0 aliphatic rings. The van der Waals surface area contributed by atoms with Crippen LogP contribution in [0.4, 0.5) is 16.2 Å².